The maximum atomic E-state index is 13.4. The molecule has 0 saturated heterocycles. The van der Waals surface area contributed by atoms with Crippen LogP contribution in [0.3, 0.4) is 0 Å². The zero-order valence-corrected chi connectivity index (χ0v) is 19.1. The second kappa shape index (κ2) is 7.06. The highest BCUT2D eigenvalue weighted by Crippen LogP contribution is 2.38. The van der Waals surface area contributed by atoms with E-state index < -0.39 is 0 Å². The number of anilines is 2. The highest BCUT2D eigenvalue weighted by molar-refractivity contribution is 6.20. The SMILES string of the molecule is CC1(C)C=c2cc(N)ccc2=c2ccc3c(c21)CCC(=O)C=3N1c2ccccc2CC1CO. The van der Waals surface area contributed by atoms with Crippen molar-refractivity contribution in [3.05, 3.63) is 92.2 Å². The molecule has 0 bridgehead atoms. The number of ketones is 1. The first-order valence-corrected chi connectivity index (χ1v) is 11.7. The van der Waals surface area contributed by atoms with Gasteiger partial charge in [0, 0.05) is 28.4 Å². The highest BCUT2D eigenvalue weighted by Gasteiger charge is 2.37. The van der Waals surface area contributed by atoms with E-state index in [1.54, 1.807) is 0 Å². The summed E-state index contributed by atoms with van der Waals surface area (Å²) in [6.07, 6.45) is 4.28. The molecule has 1 atom stereocenters. The Balaban J connectivity index is 1.73. The normalized spacial score (nSPS) is 20.0. The van der Waals surface area contributed by atoms with Crippen molar-refractivity contribution >= 4 is 28.9 Å². The molecule has 0 amide bonds. The molecule has 6 rings (SSSR count). The van der Waals surface area contributed by atoms with Gasteiger partial charge in [-0.25, -0.2) is 0 Å². The van der Waals surface area contributed by atoms with Crippen LogP contribution in [-0.4, -0.2) is 23.5 Å². The van der Waals surface area contributed by atoms with Crippen LogP contribution in [0.1, 0.15) is 37.0 Å². The molecule has 4 heteroatoms. The molecule has 4 nitrogen and oxygen atoms in total. The quantitative estimate of drug-likeness (QED) is 0.607. The van der Waals surface area contributed by atoms with E-state index in [1.807, 2.05) is 24.3 Å². The molecule has 3 aromatic carbocycles. The Morgan fingerprint density at radius 1 is 1.03 bits per heavy atom. The molecule has 3 aromatic rings. The summed E-state index contributed by atoms with van der Waals surface area (Å²) in [5.41, 5.74) is 12.2. The number of aliphatic hydroxyl groups is 1. The van der Waals surface area contributed by atoms with Crippen LogP contribution < -0.4 is 21.1 Å². The van der Waals surface area contributed by atoms with Crippen molar-refractivity contribution in [1.82, 2.24) is 0 Å². The third-order valence-electron chi connectivity index (χ3n) is 7.48. The predicted molar refractivity (Wildman–Crippen MR) is 132 cm³/mol. The number of nitrogens with zero attached hydrogens (tertiary/aromatic N) is 1. The fraction of sp³-hybridized carbons (Fsp3) is 0.276. The van der Waals surface area contributed by atoms with Gasteiger partial charge in [-0.1, -0.05) is 56.3 Å². The predicted octanol–water partition coefficient (Wildman–Crippen LogP) is 2.67. The van der Waals surface area contributed by atoms with Crippen LogP contribution in [0.4, 0.5) is 11.4 Å². The van der Waals surface area contributed by atoms with Gasteiger partial charge < -0.3 is 15.7 Å². The molecule has 0 aromatic heterocycles. The highest BCUT2D eigenvalue weighted by atomic mass is 16.3. The summed E-state index contributed by atoms with van der Waals surface area (Å²) in [6.45, 7) is 4.51. The fourth-order valence-corrected chi connectivity index (χ4v) is 6.18. The van der Waals surface area contributed by atoms with Gasteiger partial charge in [-0.05, 0) is 63.4 Å². The van der Waals surface area contributed by atoms with Gasteiger partial charge in [-0.3, -0.25) is 4.79 Å². The molecule has 0 saturated carbocycles. The van der Waals surface area contributed by atoms with Crippen LogP contribution in [0.5, 0.6) is 0 Å². The average Bonchev–Trinajstić information content (AvgIpc) is 3.16. The van der Waals surface area contributed by atoms with Crippen molar-refractivity contribution in [2.24, 2.45) is 0 Å². The molecule has 0 spiro atoms. The van der Waals surface area contributed by atoms with E-state index in [-0.39, 0.29) is 23.8 Å². The molecule has 1 unspecified atom stereocenters. The number of benzene rings is 3. The topological polar surface area (TPSA) is 66.6 Å². The average molecular weight is 437 g/mol. The molecule has 0 fully saturated rings. The van der Waals surface area contributed by atoms with E-state index in [4.69, 9.17) is 5.73 Å². The molecule has 166 valence electrons. The number of hydrogen-bond acceptors (Lipinski definition) is 4. The maximum absolute atomic E-state index is 13.4. The van der Waals surface area contributed by atoms with Gasteiger partial charge in [-0.2, -0.15) is 0 Å². The zero-order valence-electron chi connectivity index (χ0n) is 19.1. The van der Waals surface area contributed by atoms with Gasteiger partial charge in [0.05, 0.1) is 18.3 Å². The summed E-state index contributed by atoms with van der Waals surface area (Å²) in [5.74, 6) is 0.156. The van der Waals surface area contributed by atoms with Crippen LogP contribution in [0, 0.1) is 10.4 Å². The molecule has 1 heterocycles. The first kappa shape index (κ1) is 20.3. The molecular formula is C29H28N2O2. The summed E-state index contributed by atoms with van der Waals surface area (Å²) in [5, 5.41) is 14.8. The van der Waals surface area contributed by atoms with Gasteiger partial charge in [0.25, 0.3) is 0 Å². The van der Waals surface area contributed by atoms with Crippen LogP contribution in [0.2, 0.25) is 0 Å². The third-order valence-corrected chi connectivity index (χ3v) is 7.48. The number of nitrogen functional groups attached to an aromatic ring is 1. The Kier molecular flexibility index (Phi) is 4.33. The molecule has 0 radical (unpaired) electrons. The number of nitrogens with two attached hydrogens (primary N) is 1. The van der Waals surface area contributed by atoms with E-state index in [9.17, 15) is 9.90 Å². The van der Waals surface area contributed by atoms with Crippen molar-refractivity contribution in [3.8, 4) is 0 Å². The number of para-hydroxylation sites is 1. The Hall–Kier alpha value is -3.37. The Morgan fingerprint density at radius 3 is 2.61 bits per heavy atom. The number of carbonyl (C=O) groups is 1. The van der Waals surface area contributed by atoms with E-state index in [2.05, 4.69) is 55.2 Å². The Bertz CT molecular complexity index is 1550. The number of fused-ring (bicyclic) bond motifs is 5. The number of carbonyl (C=O) groups excluding carboxylic acids is 1. The van der Waals surface area contributed by atoms with Gasteiger partial charge >= 0.3 is 0 Å². The first-order valence-electron chi connectivity index (χ1n) is 11.7. The minimum absolute atomic E-state index is 0.0137. The molecule has 1 aliphatic heterocycles. The van der Waals surface area contributed by atoms with Crippen molar-refractivity contribution in [2.75, 3.05) is 17.2 Å². The van der Waals surface area contributed by atoms with Crippen molar-refractivity contribution in [1.29, 1.82) is 0 Å². The Morgan fingerprint density at radius 2 is 1.79 bits per heavy atom. The van der Waals surface area contributed by atoms with E-state index in [0.717, 1.165) is 40.4 Å². The largest absolute Gasteiger partial charge is 0.399 e. The third kappa shape index (κ3) is 2.90. The monoisotopic (exact) mass is 436 g/mol. The summed E-state index contributed by atoms with van der Waals surface area (Å²) < 4.78 is 0. The summed E-state index contributed by atoms with van der Waals surface area (Å²) in [4.78, 5) is 15.5. The first-order chi connectivity index (χ1) is 15.9. The smallest absolute Gasteiger partial charge is 0.180 e. The molecule has 3 N–H and O–H groups in total. The van der Waals surface area contributed by atoms with Crippen LogP contribution >= 0.6 is 0 Å². The number of aliphatic hydroxyl groups excluding tert-OH is 1. The minimum atomic E-state index is -0.188. The van der Waals surface area contributed by atoms with Gasteiger partial charge in [0.1, 0.15) is 0 Å². The van der Waals surface area contributed by atoms with Crippen LogP contribution in [0.15, 0.2) is 54.6 Å². The van der Waals surface area contributed by atoms with E-state index in [0.29, 0.717) is 6.42 Å². The standard InChI is InChI=1S/C29H28N2O2/c1-29(2)15-18-13-19(30)7-8-21(18)22-9-10-24-23(27(22)29)11-12-26(33)28(24)31-20(16-32)14-17-5-3-4-6-25(17)31/h3-10,13,15,20,32H,11-12,14,16,30H2,1-2H3. The van der Waals surface area contributed by atoms with Gasteiger partial charge in [0.2, 0.25) is 0 Å². The lowest BCUT2D eigenvalue weighted by Gasteiger charge is -2.34. The second-order valence-corrected chi connectivity index (χ2v) is 10.0. The number of Topliss-reactive ketones (excluding diaryl/α,β-unsaturated/α-hetero) is 1. The minimum Gasteiger partial charge on any atom is -0.399 e. The van der Waals surface area contributed by atoms with Crippen molar-refractivity contribution in [2.45, 2.75) is 44.6 Å². The lowest BCUT2D eigenvalue weighted by atomic mass is 9.74. The molecule has 33 heavy (non-hydrogen) atoms. The number of hydrogen-bond donors (Lipinski definition) is 2. The van der Waals surface area contributed by atoms with Gasteiger partial charge in [-0.15, -0.1) is 0 Å². The van der Waals surface area contributed by atoms with Crippen molar-refractivity contribution in [3.63, 3.8) is 0 Å². The van der Waals surface area contributed by atoms with Gasteiger partial charge in [0.15, 0.2) is 5.78 Å². The fourth-order valence-electron chi connectivity index (χ4n) is 6.18. The van der Waals surface area contributed by atoms with Crippen LogP contribution in [0.25, 0.3) is 11.8 Å². The molecular weight excluding hydrogens is 408 g/mol. The Labute approximate surface area is 193 Å². The molecule has 3 aliphatic rings. The zero-order chi connectivity index (χ0) is 22.9. The van der Waals surface area contributed by atoms with Crippen molar-refractivity contribution < 1.29 is 9.90 Å². The maximum Gasteiger partial charge on any atom is 0.180 e. The van der Waals surface area contributed by atoms with Crippen LogP contribution in [-0.2, 0) is 23.1 Å². The molecule has 2 aliphatic carbocycles. The lowest BCUT2D eigenvalue weighted by molar-refractivity contribution is -0.114. The van der Waals surface area contributed by atoms with E-state index in [1.165, 1.54) is 27.1 Å². The summed E-state index contributed by atoms with van der Waals surface area (Å²) in [6, 6.07) is 18.5. The van der Waals surface area contributed by atoms with E-state index >= 15 is 0 Å². The lowest BCUT2D eigenvalue weighted by Crippen LogP contribution is -2.43. The number of rotatable bonds is 2. The second-order valence-electron chi connectivity index (χ2n) is 10.0. The summed E-state index contributed by atoms with van der Waals surface area (Å²) in [7, 11) is 0. The summed E-state index contributed by atoms with van der Waals surface area (Å²) >= 11 is 0.